The van der Waals surface area contributed by atoms with Gasteiger partial charge in [-0.15, -0.1) is 11.3 Å². The number of thiazole rings is 1. The van der Waals surface area contributed by atoms with Crippen molar-refractivity contribution in [1.29, 1.82) is 0 Å². The van der Waals surface area contributed by atoms with E-state index in [1.807, 2.05) is 11.3 Å². The molecule has 0 saturated heterocycles. The third-order valence-corrected chi connectivity index (χ3v) is 6.32. The van der Waals surface area contributed by atoms with Crippen molar-refractivity contribution in [1.82, 2.24) is 9.88 Å². The molecule has 0 aromatic carbocycles. The van der Waals surface area contributed by atoms with Gasteiger partial charge >= 0.3 is 0 Å². The van der Waals surface area contributed by atoms with Crippen molar-refractivity contribution in [3.63, 3.8) is 0 Å². The number of fused-ring (bicyclic) bond motifs is 1. The first kappa shape index (κ1) is 14.3. The maximum absolute atomic E-state index is 6.19. The fraction of sp³-hybridized carbons (Fsp3) is 0.800. The maximum Gasteiger partial charge on any atom is 0.185 e. The number of aromatic nitrogens is 1. The van der Waals surface area contributed by atoms with Crippen LogP contribution in [0.2, 0.25) is 0 Å². The molecule has 2 aliphatic carbocycles. The van der Waals surface area contributed by atoms with Crippen LogP contribution in [0.25, 0.3) is 0 Å². The molecule has 5 heteroatoms. The van der Waals surface area contributed by atoms with Crippen LogP contribution in [-0.4, -0.2) is 43.1 Å². The molecule has 0 aliphatic heterocycles. The van der Waals surface area contributed by atoms with Crippen LogP contribution in [0.5, 0.6) is 0 Å². The quantitative estimate of drug-likeness (QED) is 0.926. The monoisotopic (exact) mass is 294 g/mol. The maximum atomic E-state index is 6.19. The molecule has 112 valence electrons. The van der Waals surface area contributed by atoms with Gasteiger partial charge in [0, 0.05) is 30.1 Å². The number of likely N-dealkylation sites (N-methyl/N-ethyl adjacent to an activating group) is 2. The summed E-state index contributed by atoms with van der Waals surface area (Å²) in [6.45, 7) is 1.07. The van der Waals surface area contributed by atoms with Gasteiger partial charge in [-0.05, 0) is 52.6 Å². The van der Waals surface area contributed by atoms with Crippen LogP contribution in [-0.2, 0) is 6.42 Å². The molecule has 4 nitrogen and oxygen atoms in total. The van der Waals surface area contributed by atoms with Gasteiger partial charge in [0.25, 0.3) is 0 Å². The predicted molar refractivity (Wildman–Crippen MR) is 85.5 cm³/mol. The summed E-state index contributed by atoms with van der Waals surface area (Å²) in [7, 11) is 6.59. The molecule has 1 aromatic heterocycles. The Labute approximate surface area is 126 Å². The molecular weight excluding hydrogens is 268 g/mol. The number of nitrogens with two attached hydrogens (primary N) is 1. The number of aryl methyl sites for hydroxylation is 1. The van der Waals surface area contributed by atoms with Crippen LogP contribution >= 0.6 is 11.3 Å². The van der Waals surface area contributed by atoms with Gasteiger partial charge in [0.15, 0.2) is 5.13 Å². The van der Waals surface area contributed by atoms with Crippen molar-refractivity contribution in [2.45, 2.75) is 50.1 Å². The first-order chi connectivity index (χ1) is 9.52. The van der Waals surface area contributed by atoms with Crippen molar-refractivity contribution in [3.05, 3.63) is 10.6 Å². The minimum atomic E-state index is 0.156. The average Bonchev–Trinajstić information content (AvgIpc) is 2.78. The van der Waals surface area contributed by atoms with E-state index >= 15 is 0 Å². The summed E-state index contributed by atoms with van der Waals surface area (Å²) in [5.74, 6) is 0. The molecule has 2 aliphatic rings. The Morgan fingerprint density at radius 1 is 1.30 bits per heavy atom. The first-order valence-corrected chi connectivity index (χ1v) is 8.47. The third kappa shape index (κ3) is 2.36. The Bertz CT molecular complexity index is 478. The van der Waals surface area contributed by atoms with E-state index < -0.39 is 0 Å². The zero-order valence-electron chi connectivity index (χ0n) is 12.9. The molecule has 0 bridgehead atoms. The zero-order valence-corrected chi connectivity index (χ0v) is 13.7. The molecule has 0 amide bonds. The fourth-order valence-electron chi connectivity index (χ4n) is 3.44. The molecule has 2 N–H and O–H groups in total. The van der Waals surface area contributed by atoms with Crippen LogP contribution in [0.1, 0.15) is 48.7 Å². The molecule has 1 heterocycles. The second kappa shape index (κ2) is 5.28. The lowest BCUT2D eigenvalue weighted by Gasteiger charge is -2.49. The van der Waals surface area contributed by atoms with Gasteiger partial charge in [0.1, 0.15) is 0 Å². The Kier molecular flexibility index (Phi) is 3.77. The molecule has 1 aromatic rings. The third-order valence-electron chi connectivity index (χ3n) is 5.08. The van der Waals surface area contributed by atoms with E-state index in [1.54, 1.807) is 0 Å². The minimum Gasteiger partial charge on any atom is -0.349 e. The molecule has 1 atom stereocenters. The molecule has 1 unspecified atom stereocenters. The highest BCUT2D eigenvalue weighted by Crippen LogP contribution is 2.39. The average molecular weight is 294 g/mol. The Morgan fingerprint density at radius 3 is 2.60 bits per heavy atom. The van der Waals surface area contributed by atoms with Crippen molar-refractivity contribution < 1.29 is 0 Å². The van der Waals surface area contributed by atoms with Gasteiger partial charge in [-0.3, -0.25) is 0 Å². The van der Waals surface area contributed by atoms with Gasteiger partial charge in [-0.2, -0.15) is 0 Å². The summed E-state index contributed by atoms with van der Waals surface area (Å²) in [4.78, 5) is 11.0. The van der Waals surface area contributed by atoms with Gasteiger partial charge in [0.05, 0.1) is 5.69 Å². The largest absolute Gasteiger partial charge is 0.349 e. The van der Waals surface area contributed by atoms with Gasteiger partial charge < -0.3 is 15.5 Å². The van der Waals surface area contributed by atoms with Gasteiger partial charge in [-0.25, -0.2) is 4.98 Å². The summed E-state index contributed by atoms with van der Waals surface area (Å²) in [5, 5.41) is 1.15. The highest BCUT2D eigenvalue weighted by atomic mass is 32.1. The molecule has 20 heavy (non-hydrogen) atoms. The molecule has 3 rings (SSSR count). The number of hydrogen-bond donors (Lipinski definition) is 1. The highest BCUT2D eigenvalue weighted by Gasteiger charge is 2.40. The van der Waals surface area contributed by atoms with Crippen molar-refractivity contribution >= 4 is 16.5 Å². The second-order valence-electron chi connectivity index (χ2n) is 6.63. The smallest absolute Gasteiger partial charge is 0.185 e. The number of anilines is 1. The lowest BCUT2D eigenvalue weighted by atomic mass is 9.75. The number of hydrogen-bond acceptors (Lipinski definition) is 5. The van der Waals surface area contributed by atoms with Gasteiger partial charge in [-0.1, -0.05) is 0 Å². The van der Waals surface area contributed by atoms with E-state index in [4.69, 9.17) is 10.7 Å². The molecule has 0 spiro atoms. The second-order valence-corrected chi connectivity index (χ2v) is 7.69. The highest BCUT2D eigenvalue weighted by molar-refractivity contribution is 7.15. The fourth-order valence-corrected chi connectivity index (χ4v) is 4.58. The molecule has 1 saturated carbocycles. The van der Waals surface area contributed by atoms with E-state index in [9.17, 15) is 0 Å². The summed E-state index contributed by atoms with van der Waals surface area (Å²) in [5.41, 5.74) is 7.70. The number of nitrogens with zero attached hydrogens (tertiary/aromatic N) is 3. The van der Waals surface area contributed by atoms with E-state index in [1.165, 1.54) is 30.6 Å². The Hall–Kier alpha value is -0.650. The van der Waals surface area contributed by atoms with Crippen LogP contribution in [0.4, 0.5) is 5.13 Å². The molecule has 0 radical (unpaired) electrons. The van der Waals surface area contributed by atoms with Crippen LogP contribution in [0.3, 0.4) is 0 Å². The van der Waals surface area contributed by atoms with E-state index in [0.29, 0.717) is 5.54 Å². The van der Waals surface area contributed by atoms with Crippen LogP contribution in [0, 0.1) is 0 Å². The van der Waals surface area contributed by atoms with E-state index in [2.05, 4.69) is 30.9 Å². The van der Waals surface area contributed by atoms with E-state index in [-0.39, 0.29) is 6.04 Å². The predicted octanol–water partition coefficient (Wildman–Crippen LogP) is 2.40. The summed E-state index contributed by atoms with van der Waals surface area (Å²) in [6, 6.07) is 0.156. The normalized spacial score (nSPS) is 24.4. The van der Waals surface area contributed by atoms with Crippen LogP contribution in [0.15, 0.2) is 0 Å². The molecular formula is C15H26N4S. The van der Waals surface area contributed by atoms with Crippen molar-refractivity contribution in [2.24, 2.45) is 5.73 Å². The minimum absolute atomic E-state index is 0.156. The first-order valence-electron chi connectivity index (χ1n) is 7.66. The lowest BCUT2D eigenvalue weighted by molar-refractivity contribution is 0.0683. The summed E-state index contributed by atoms with van der Waals surface area (Å²) in [6.07, 6.45) is 7.41. The van der Waals surface area contributed by atoms with Gasteiger partial charge in [0.2, 0.25) is 0 Å². The zero-order chi connectivity index (χ0) is 14.3. The Morgan fingerprint density at radius 2 is 2.05 bits per heavy atom. The van der Waals surface area contributed by atoms with Crippen molar-refractivity contribution in [3.8, 4) is 0 Å². The van der Waals surface area contributed by atoms with Crippen LogP contribution < -0.4 is 10.6 Å². The van der Waals surface area contributed by atoms with E-state index in [0.717, 1.165) is 30.2 Å². The topological polar surface area (TPSA) is 45.4 Å². The lowest BCUT2D eigenvalue weighted by Crippen LogP contribution is -2.56. The Balaban J connectivity index is 1.76. The summed E-state index contributed by atoms with van der Waals surface area (Å²) < 4.78 is 0. The number of rotatable bonds is 4. The molecule has 1 fully saturated rings. The van der Waals surface area contributed by atoms with Crippen molar-refractivity contribution in [2.75, 3.05) is 32.6 Å². The summed E-state index contributed by atoms with van der Waals surface area (Å²) >= 11 is 1.85. The SMILES string of the molecule is CN(CC1(N(C)C)CCC1)c1nc2c(s1)CCCC2N. The standard InChI is InChI=1S/C15H26N4S/c1-18(2)15(8-5-9-15)10-19(3)14-17-13-11(16)6-4-7-12(13)20-14/h11H,4-10,16H2,1-3H3.